The number of rotatable bonds is 7. The second kappa shape index (κ2) is 10.8. The predicted octanol–water partition coefficient (Wildman–Crippen LogP) is 8.50. The molecule has 0 unspecified atom stereocenters. The van der Waals surface area contributed by atoms with Gasteiger partial charge < -0.3 is 14.8 Å². The van der Waals surface area contributed by atoms with Gasteiger partial charge in [0.25, 0.3) is 0 Å². The minimum absolute atomic E-state index is 0.283. The van der Waals surface area contributed by atoms with Crippen LogP contribution in [0.15, 0.2) is 108 Å². The molecule has 4 nitrogen and oxygen atoms in total. The Hall–Kier alpha value is -4.02. The maximum Gasteiger partial charge on any atom is 0.161 e. The van der Waals surface area contributed by atoms with E-state index in [2.05, 4.69) is 66.0 Å². The van der Waals surface area contributed by atoms with E-state index in [9.17, 15) is 0 Å². The number of benzene rings is 4. The molecule has 190 valence electrons. The molecule has 1 aliphatic carbocycles. The molecule has 0 fully saturated rings. The zero-order valence-corrected chi connectivity index (χ0v) is 21.9. The van der Waals surface area contributed by atoms with Crippen molar-refractivity contribution in [1.29, 1.82) is 0 Å². The number of anilines is 1. The molecule has 0 bridgehead atoms. The molecule has 6 rings (SSSR count). The maximum absolute atomic E-state index is 6.25. The fourth-order valence-electron chi connectivity index (χ4n) is 5.45. The molecular weight excluding hydrogens is 492 g/mol. The molecule has 2 aliphatic rings. The molecule has 1 heterocycles. The van der Waals surface area contributed by atoms with Crippen LogP contribution >= 0.6 is 11.6 Å². The summed E-state index contributed by atoms with van der Waals surface area (Å²) in [6.45, 7) is 0.370. The molecule has 4 aromatic rings. The van der Waals surface area contributed by atoms with Crippen molar-refractivity contribution in [3.63, 3.8) is 0 Å². The lowest BCUT2D eigenvalue weighted by molar-refractivity contribution is 0.284. The summed E-state index contributed by atoms with van der Waals surface area (Å²) >= 11 is 6.25. The van der Waals surface area contributed by atoms with Crippen LogP contribution in [0.5, 0.6) is 11.5 Å². The second-order valence-electron chi connectivity index (χ2n) is 9.70. The van der Waals surface area contributed by atoms with E-state index in [-0.39, 0.29) is 6.04 Å². The monoisotopic (exact) mass is 520 g/mol. The Kier molecular flexibility index (Phi) is 6.89. The number of methoxy groups -OCH3 is 1. The normalized spacial score (nSPS) is 19.6. The van der Waals surface area contributed by atoms with Crippen molar-refractivity contribution in [3.05, 3.63) is 130 Å². The predicted molar refractivity (Wildman–Crippen MR) is 155 cm³/mol. The first-order valence-electron chi connectivity index (χ1n) is 12.9. The van der Waals surface area contributed by atoms with E-state index in [0.717, 1.165) is 23.2 Å². The highest BCUT2D eigenvalue weighted by molar-refractivity contribution is 6.31. The number of nitrogens with zero attached hydrogens (tertiary/aromatic N) is 1. The van der Waals surface area contributed by atoms with Crippen molar-refractivity contribution in [1.82, 2.24) is 0 Å². The van der Waals surface area contributed by atoms with Gasteiger partial charge in [0.2, 0.25) is 0 Å². The maximum atomic E-state index is 6.25. The van der Waals surface area contributed by atoms with Crippen LogP contribution in [-0.4, -0.2) is 13.3 Å². The fourth-order valence-corrected chi connectivity index (χ4v) is 5.64. The largest absolute Gasteiger partial charge is 0.493 e. The van der Waals surface area contributed by atoms with Crippen molar-refractivity contribution in [2.75, 3.05) is 12.4 Å². The summed E-state index contributed by atoms with van der Waals surface area (Å²) < 4.78 is 11.5. The summed E-state index contributed by atoms with van der Waals surface area (Å²) in [5, 5.41) is 4.48. The van der Waals surface area contributed by atoms with E-state index >= 15 is 0 Å². The Morgan fingerprint density at radius 1 is 0.947 bits per heavy atom. The van der Waals surface area contributed by atoms with Gasteiger partial charge in [-0.2, -0.15) is 0 Å². The molecule has 3 atom stereocenters. The Bertz CT molecular complexity index is 1500. The number of halogens is 1. The van der Waals surface area contributed by atoms with Crippen LogP contribution < -0.4 is 14.8 Å². The minimum atomic E-state index is 0.283. The average Bonchev–Trinajstić information content (AvgIpc) is 3.46. The quantitative estimate of drug-likeness (QED) is 0.196. The van der Waals surface area contributed by atoms with Crippen molar-refractivity contribution < 1.29 is 9.47 Å². The third kappa shape index (κ3) is 4.92. The number of nitrogens with one attached hydrogen (secondary N) is 1. The number of fused-ring (bicyclic) bond motifs is 3. The smallest absolute Gasteiger partial charge is 0.161 e. The molecule has 5 heteroatoms. The van der Waals surface area contributed by atoms with Crippen molar-refractivity contribution in [3.8, 4) is 11.5 Å². The van der Waals surface area contributed by atoms with Gasteiger partial charge in [0.15, 0.2) is 11.5 Å². The summed E-state index contributed by atoms with van der Waals surface area (Å²) in [7, 11) is 1.64. The lowest BCUT2D eigenvalue weighted by Crippen LogP contribution is -2.28. The van der Waals surface area contributed by atoms with E-state index in [4.69, 9.17) is 26.1 Å². The molecule has 38 heavy (non-hydrogen) atoms. The van der Waals surface area contributed by atoms with Crippen LogP contribution in [0.2, 0.25) is 5.02 Å². The van der Waals surface area contributed by atoms with Gasteiger partial charge >= 0.3 is 0 Å². The molecule has 0 saturated heterocycles. The zero-order chi connectivity index (χ0) is 25.9. The summed E-state index contributed by atoms with van der Waals surface area (Å²) in [6.07, 6.45) is 7.64. The molecule has 1 N–H and O–H groups in total. The number of hydrogen-bond acceptors (Lipinski definition) is 4. The summed E-state index contributed by atoms with van der Waals surface area (Å²) in [5.74, 6) is 2.32. The molecule has 0 spiro atoms. The Labute approximate surface area is 228 Å². The van der Waals surface area contributed by atoms with Crippen molar-refractivity contribution in [2.24, 2.45) is 10.9 Å². The SMILES string of the molecule is COc1cc(C=Nc2ccc([C@@H]3Nc4ccccc4[C@@H]4C=CC[C@@H]43)cc2)ccc1OCc1ccccc1Cl. The van der Waals surface area contributed by atoms with Gasteiger partial charge in [0, 0.05) is 28.4 Å². The van der Waals surface area contributed by atoms with E-state index in [1.165, 1.54) is 16.8 Å². The topological polar surface area (TPSA) is 42.8 Å². The van der Waals surface area contributed by atoms with E-state index < -0.39 is 0 Å². The lowest BCUT2D eigenvalue weighted by Gasteiger charge is -2.37. The third-order valence-electron chi connectivity index (χ3n) is 7.42. The molecule has 4 aromatic carbocycles. The summed E-state index contributed by atoms with van der Waals surface area (Å²) in [6, 6.07) is 31.0. The molecule has 0 radical (unpaired) electrons. The number of ether oxygens (including phenoxy) is 2. The van der Waals surface area contributed by atoms with Crippen LogP contribution in [0.4, 0.5) is 11.4 Å². The fraction of sp³-hybridized carbons (Fsp3) is 0.182. The number of para-hydroxylation sites is 1. The van der Waals surface area contributed by atoms with Gasteiger partial charge in [-0.3, -0.25) is 4.99 Å². The highest BCUT2D eigenvalue weighted by Gasteiger charge is 2.37. The van der Waals surface area contributed by atoms with E-state index in [1.807, 2.05) is 48.7 Å². The minimum Gasteiger partial charge on any atom is -0.493 e. The van der Waals surface area contributed by atoms with Crippen LogP contribution in [0.1, 0.15) is 40.6 Å². The van der Waals surface area contributed by atoms with Crippen LogP contribution in [0.25, 0.3) is 0 Å². The third-order valence-corrected chi connectivity index (χ3v) is 7.78. The highest BCUT2D eigenvalue weighted by Crippen LogP contribution is 2.49. The molecule has 1 aliphatic heterocycles. The number of allylic oxidation sites excluding steroid dienone is 2. The van der Waals surface area contributed by atoms with Crippen molar-refractivity contribution >= 4 is 29.2 Å². The van der Waals surface area contributed by atoms with Gasteiger partial charge in [0.05, 0.1) is 18.8 Å². The van der Waals surface area contributed by atoms with E-state index in [0.29, 0.717) is 35.0 Å². The van der Waals surface area contributed by atoms with Gasteiger partial charge in [-0.15, -0.1) is 0 Å². The van der Waals surface area contributed by atoms with Gasteiger partial charge in [-0.25, -0.2) is 0 Å². The molecule has 0 saturated carbocycles. The highest BCUT2D eigenvalue weighted by atomic mass is 35.5. The second-order valence-corrected chi connectivity index (χ2v) is 10.1. The van der Waals surface area contributed by atoms with Gasteiger partial charge in [0.1, 0.15) is 6.61 Å². The van der Waals surface area contributed by atoms with Gasteiger partial charge in [-0.05, 0) is 71.5 Å². The van der Waals surface area contributed by atoms with Crippen molar-refractivity contribution in [2.45, 2.75) is 25.0 Å². The average molecular weight is 521 g/mol. The Morgan fingerprint density at radius 2 is 1.76 bits per heavy atom. The summed E-state index contributed by atoms with van der Waals surface area (Å²) in [4.78, 5) is 4.70. The molecule has 0 amide bonds. The Morgan fingerprint density at radius 3 is 2.61 bits per heavy atom. The van der Waals surface area contributed by atoms with E-state index in [1.54, 1.807) is 7.11 Å². The van der Waals surface area contributed by atoms with Crippen LogP contribution in [0.3, 0.4) is 0 Å². The standard InChI is InChI=1S/C33H29ClN2O2/c1-37-32-19-22(13-18-31(32)38-21-24-7-2-4-11-29(24)34)20-35-25-16-14-23(15-17-25)33-28-10-6-9-26(28)27-8-3-5-12-30(27)36-33/h2-9,11-20,26,28,33,36H,10,21H2,1H3/t26-,28-,33-/m0/s1. The van der Waals surface area contributed by atoms with Gasteiger partial charge in [-0.1, -0.05) is 72.3 Å². The zero-order valence-electron chi connectivity index (χ0n) is 21.2. The molecular formula is C33H29ClN2O2. The van der Waals surface area contributed by atoms with Crippen LogP contribution in [0, 0.1) is 5.92 Å². The first kappa shape index (κ1) is 24.3. The first-order chi connectivity index (χ1) is 18.7. The number of hydrogen-bond donors (Lipinski definition) is 1. The number of aliphatic imine (C=N–C) groups is 1. The Balaban J connectivity index is 1.15. The first-order valence-corrected chi connectivity index (χ1v) is 13.3. The summed E-state index contributed by atoms with van der Waals surface area (Å²) in [5.41, 5.74) is 6.70. The van der Waals surface area contributed by atoms with Crippen LogP contribution in [-0.2, 0) is 6.61 Å². The lowest BCUT2D eigenvalue weighted by atomic mass is 9.77. The molecule has 0 aromatic heterocycles.